The Labute approximate surface area is 116 Å². The summed E-state index contributed by atoms with van der Waals surface area (Å²) in [4.78, 5) is 2.23. The minimum atomic E-state index is -2.80. The number of hydrogen-bond acceptors (Lipinski definition) is 5. The van der Waals surface area contributed by atoms with Gasteiger partial charge in [-0.15, -0.1) is 0 Å². The maximum atomic E-state index is 11.6. The van der Waals surface area contributed by atoms with E-state index < -0.39 is 9.84 Å². The van der Waals surface area contributed by atoms with E-state index in [2.05, 4.69) is 24.2 Å². The average molecular weight is 290 g/mol. The van der Waals surface area contributed by atoms with Gasteiger partial charge in [-0.1, -0.05) is 6.92 Å². The van der Waals surface area contributed by atoms with Gasteiger partial charge in [-0.05, 0) is 26.4 Å². The first-order chi connectivity index (χ1) is 8.96. The van der Waals surface area contributed by atoms with Crippen LogP contribution in [-0.2, 0) is 14.6 Å². The first kappa shape index (κ1) is 15.2. The minimum absolute atomic E-state index is 0.150. The van der Waals surface area contributed by atoms with Crippen molar-refractivity contribution in [1.29, 1.82) is 0 Å². The summed E-state index contributed by atoms with van der Waals surface area (Å²) >= 11 is 0. The second-order valence-corrected chi connectivity index (χ2v) is 8.28. The molecule has 5 nitrogen and oxygen atoms in total. The van der Waals surface area contributed by atoms with Crippen LogP contribution in [0.5, 0.6) is 0 Å². The lowest BCUT2D eigenvalue weighted by Crippen LogP contribution is -2.47. The van der Waals surface area contributed by atoms with Gasteiger partial charge in [0.2, 0.25) is 0 Å². The standard InChI is InChI=1S/C13H26N2O3S/c1-3-14-9-13(5-6-18-11-13)10-15(2)12-4-7-19(16,17)8-12/h12,14H,3-11H2,1-2H3. The molecular weight excluding hydrogens is 264 g/mol. The van der Waals surface area contributed by atoms with E-state index in [0.717, 1.165) is 45.7 Å². The van der Waals surface area contributed by atoms with E-state index >= 15 is 0 Å². The number of nitrogens with one attached hydrogen (secondary N) is 1. The molecule has 0 aromatic rings. The Hall–Kier alpha value is -0.170. The molecule has 2 aliphatic rings. The summed E-state index contributed by atoms with van der Waals surface area (Å²) in [5.74, 6) is 0.667. The lowest BCUT2D eigenvalue weighted by atomic mass is 9.86. The number of hydrogen-bond donors (Lipinski definition) is 1. The van der Waals surface area contributed by atoms with Gasteiger partial charge in [0.05, 0.1) is 18.1 Å². The van der Waals surface area contributed by atoms with Crippen molar-refractivity contribution in [2.75, 3.05) is 51.4 Å². The minimum Gasteiger partial charge on any atom is -0.381 e. The summed E-state index contributed by atoms with van der Waals surface area (Å²) in [6.07, 6.45) is 1.83. The molecule has 19 heavy (non-hydrogen) atoms. The Bertz CT molecular complexity index is 391. The van der Waals surface area contributed by atoms with Crippen LogP contribution >= 0.6 is 0 Å². The van der Waals surface area contributed by atoms with Crippen LogP contribution in [0.2, 0.25) is 0 Å². The highest BCUT2D eigenvalue weighted by atomic mass is 32.2. The third-order valence-electron chi connectivity index (χ3n) is 4.35. The third kappa shape index (κ3) is 3.90. The Morgan fingerprint density at radius 3 is 2.79 bits per heavy atom. The molecule has 2 aliphatic heterocycles. The van der Waals surface area contributed by atoms with E-state index in [1.807, 2.05) is 0 Å². The summed E-state index contributed by atoms with van der Waals surface area (Å²) in [6, 6.07) is 0.184. The molecule has 0 bridgehead atoms. The summed E-state index contributed by atoms with van der Waals surface area (Å²) in [5, 5.41) is 3.42. The highest BCUT2D eigenvalue weighted by molar-refractivity contribution is 7.91. The Kier molecular flexibility index (Phi) is 4.87. The molecule has 0 aliphatic carbocycles. The molecule has 0 radical (unpaired) electrons. The summed E-state index contributed by atoms with van der Waals surface area (Å²) in [5.41, 5.74) is 0.150. The molecule has 0 spiro atoms. The normalized spacial score (nSPS) is 34.2. The highest BCUT2D eigenvalue weighted by Crippen LogP contribution is 2.30. The number of rotatable bonds is 6. The number of ether oxygens (including phenoxy) is 1. The van der Waals surface area contributed by atoms with Gasteiger partial charge in [0, 0.05) is 31.2 Å². The molecule has 0 saturated carbocycles. The zero-order chi connectivity index (χ0) is 13.9. The van der Waals surface area contributed by atoms with Crippen molar-refractivity contribution in [3.05, 3.63) is 0 Å². The van der Waals surface area contributed by atoms with Gasteiger partial charge < -0.3 is 15.0 Å². The zero-order valence-electron chi connectivity index (χ0n) is 12.0. The van der Waals surface area contributed by atoms with Crippen LogP contribution in [0.15, 0.2) is 0 Å². The van der Waals surface area contributed by atoms with E-state index in [4.69, 9.17) is 4.74 Å². The van der Waals surface area contributed by atoms with Crippen molar-refractivity contribution < 1.29 is 13.2 Å². The molecule has 112 valence electrons. The summed E-state index contributed by atoms with van der Waals surface area (Å²) in [6.45, 7) is 6.54. The maximum Gasteiger partial charge on any atom is 0.151 e. The monoisotopic (exact) mass is 290 g/mol. The van der Waals surface area contributed by atoms with Crippen LogP contribution in [0, 0.1) is 5.41 Å². The molecule has 0 aromatic carbocycles. The van der Waals surface area contributed by atoms with Gasteiger partial charge in [0.1, 0.15) is 0 Å². The fourth-order valence-corrected chi connectivity index (χ4v) is 4.95. The largest absolute Gasteiger partial charge is 0.381 e. The van der Waals surface area contributed by atoms with E-state index in [1.54, 1.807) is 0 Å². The van der Waals surface area contributed by atoms with Crippen LogP contribution < -0.4 is 5.32 Å². The quantitative estimate of drug-likeness (QED) is 0.753. The third-order valence-corrected chi connectivity index (χ3v) is 6.10. The van der Waals surface area contributed by atoms with E-state index in [0.29, 0.717) is 11.5 Å². The predicted molar refractivity (Wildman–Crippen MR) is 76.1 cm³/mol. The molecule has 0 amide bonds. The topological polar surface area (TPSA) is 58.6 Å². The van der Waals surface area contributed by atoms with Crippen molar-refractivity contribution in [1.82, 2.24) is 10.2 Å². The van der Waals surface area contributed by atoms with Crippen LogP contribution in [0.3, 0.4) is 0 Å². The molecule has 2 rings (SSSR count). The molecule has 6 heteroatoms. The van der Waals surface area contributed by atoms with Crippen molar-refractivity contribution in [2.45, 2.75) is 25.8 Å². The van der Waals surface area contributed by atoms with Gasteiger partial charge >= 0.3 is 0 Å². The van der Waals surface area contributed by atoms with Gasteiger partial charge in [-0.3, -0.25) is 0 Å². The summed E-state index contributed by atoms with van der Waals surface area (Å²) in [7, 11) is -0.746. The van der Waals surface area contributed by atoms with Crippen LogP contribution in [-0.4, -0.2) is 70.8 Å². The molecule has 0 aromatic heterocycles. The molecule has 2 atom stereocenters. The van der Waals surface area contributed by atoms with E-state index in [1.165, 1.54) is 0 Å². The molecule has 2 saturated heterocycles. The average Bonchev–Trinajstić information content (AvgIpc) is 2.94. The van der Waals surface area contributed by atoms with Gasteiger partial charge in [-0.2, -0.15) is 0 Å². The molecule has 1 N–H and O–H groups in total. The lowest BCUT2D eigenvalue weighted by Gasteiger charge is -2.35. The van der Waals surface area contributed by atoms with E-state index in [-0.39, 0.29) is 11.5 Å². The number of nitrogens with zero attached hydrogens (tertiary/aromatic N) is 1. The Balaban J connectivity index is 1.93. The van der Waals surface area contributed by atoms with Crippen molar-refractivity contribution >= 4 is 9.84 Å². The first-order valence-corrected chi connectivity index (χ1v) is 8.98. The van der Waals surface area contributed by atoms with Gasteiger partial charge in [-0.25, -0.2) is 8.42 Å². The van der Waals surface area contributed by atoms with Crippen molar-refractivity contribution in [3.8, 4) is 0 Å². The number of sulfone groups is 1. The van der Waals surface area contributed by atoms with Crippen LogP contribution in [0.4, 0.5) is 0 Å². The van der Waals surface area contributed by atoms with Crippen LogP contribution in [0.1, 0.15) is 19.8 Å². The molecule has 2 unspecified atom stereocenters. The lowest BCUT2D eigenvalue weighted by molar-refractivity contribution is 0.106. The van der Waals surface area contributed by atoms with Crippen molar-refractivity contribution in [3.63, 3.8) is 0 Å². The molecule has 2 fully saturated rings. The highest BCUT2D eigenvalue weighted by Gasteiger charge is 2.39. The fraction of sp³-hybridized carbons (Fsp3) is 1.00. The Morgan fingerprint density at radius 2 is 2.26 bits per heavy atom. The smallest absolute Gasteiger partial charge is 0.151 e. The molecule has 2 heterocycles. The first-order valence-electron chi connectivity index (χ1n) is 7.15. The fourth-order valence-electron chi connectivity index (χ4n) is 3.14. The second kappa shape index (κ2) is 6.08. The van der Waals surface area contributed by atoms with Gasteiger partial charge in [0.15, 0.2) is 9.84 Å². The zero-order valence-corrected chi connectivity index (χ0v) is 12.8. The second-order valence-electron chi connectivity index (χ2n) is 6.05. The predicted octanol–water partition coefficient (Wildman–Crippen LogP) is 0.122. The SMILES string of the molecule is CCNCC1(CN(C)C2CCS(=O)(=O)C2)CCOC1. The maximum absolute atomic E-state index is 11.6. The van der Waals surface area contributed by atoms with Crippen molar-refractivity contribution in [2.24, 2.45) is 5.41 Å². The molecular formula is C13H26N2O3S. The van der Waals surface area contributed by atoms with E-state index in [9.17, 15) is 8.42 Å². The Morgan fingerprint density at radius 1 is 1.47 bits per heavy atom. The van der Waals surface area contributed by atoms with Crippen LogP contribution in [0.25, 0.3) is 0 Å². The van der Waals surface area contributed by atoms with Gasteiger partial charge in [0.25, 0.3) is 0 Å². The summed E-state index contributed by atoms with van der Waals surface area (Å²) < 4.78 is 28.7.